The molecule has 0 saturated heterocycles. The van der Waals surface area contributed by atoms with Crippen LogP contribution in [-0.2, 0) is 14.9 Å². The minimum absolute atomic E-state index is 0.00957. The van der Waals surface area contributed by atoms with E-state index in [2.05, 4.69) is 26.1 Å². The van der Waals surface area contributed by atoms with Crippen LogP contribution >= 0.6 is 0 Å². The van der Waals surface area contributed by atoms with Gasteiger partial charge in [-0.15, -0.1) is 0 Å². The molecule has 6 heteroatoms. The molecule has 2 aromatic carbocycles. The van der Waals surface area contributed by atoms with Crippen LogP contribution in [0.2, 0.25) is 0 Å². The molecule has 1 N–H and O–H groups in total. The molecule has 1 heterocycles. The SMILES string of the molecule is CCOC(=O)/C(=C/c1ccc2c(c1)OCO2)NC(=O)c1ccc(C(C)(C)C)cc1. The summed E-state index contributed by atoms with van der Waals surface area (Å²) < 4.78 is 15.8. The van der Waals surface area contributed by atoms with Gasteiger partial charge in [0.15, 0.2) is 11.5 Å². The number of amides is 1. The van der Waals surface area contributed by atoms with Crippen LogP contribution < -0.4 is 14.8 Å². The minimum atomic E-state index is -0.607. The second kappa shape index (κ2) is 8.39. The zero-order chi connectivity index (χ0) is 21.0. The maximum atomic E-state index is 12.7. The number of carbonyl (C=O) groups is 2. The van der Waals surface area contributed by atoms with Crippen molar-refractivity contribution in [3.63, 3.8) is 0 Å². The van der Waals surface area contributed by atoms with E-state index in [0.717, 1.165) is 5.56 Å². The summed E-state index contributed by atoms with van der Waals surface area (Å²) in [6, 6.07) is 12.6. The maximum absolute atomic E-state index is 12.7. The number of carbonyl (C=O) groups excluding carboxylic acids is 2. The zero-order valence-corrected chi connectivity index (χ0v) is 17.1. The molecule has 29 heavy (non-hydrogen) atoms. The third kappa shape index (κ3) is 4.96. The van der Waals surface area contributed by atoms with E-state index in [-0.39, 0.29) is 30.4 Å². The van der Waals surface area contributed by atoms with Crippen LogP contribution in [0.3, 0.4) is 0 Å². The van der Waals surface area contributed by atoms with Crippen LogP contribution in [0.4, 0.5) is 0 Å². The highest BCUT2D eigenvalue weighted by molar-refractivity contribution is 6.03. The molecule has 0 spiro atoms. The first-order valence-electron chi connectivity index (χ1n) is 9.48. The second-order valence-electron chi connectivity index (χ2n) is 7.67. The number of esters is 1. The van der Waals surface area contributed by atoms with Crippen molar-refractivity contribution in [3.8, 4) is 11.5 Å². The first-order chi connectivity index (χ1) is 13.8. The molecule has 0 saturated carbocycles. The van der Waals surface area contributed by atoms with Crippen molar-refractivity contribution < 1.29 is 23.8 Å². The molecule has 1 aliphatic rings. The monoisotopic (exact) mass is 395 g/mol. The molecule has 0 aliphatic carbocycles. The van der Waals surface area contributed by atoms with Gasteiger partial charge >= 0.3 is 5.97 Å². The topological polar surface area (TPSA) is 73.9 Å². The third-order valence-corrected chi connectivity index (χ3v) is 4.46. The van der Waals surface area contributed by atoms with Gasteiger partial charge in [-0.25, -0.2) is 4.79 Å². The summed E-state index contributed by atoms with van der Waals surface area (Å²) in [5.74, 6) is 0.240. The molecule has 152 valence electrons. The Kier molecular flexibility index (Phi) is 5.92. The van der Waals surface area contributed by atoms with Crippen molar-refractivity contribution in [2.45, 2.75) is 33.1 Å². The highest BCUT2D eigenvalue weighted by Gasteiger charge is 2.19. The Morgan fingerprint density at radius 2 is 1.76 bits per heavy atom. The van der Waals surface area contributed by atoms with E-state index >= 15 is 0 Å². The largest absolute Gasteiger partial charge is 0.461 e. The quantitative estimate of drug-likeness (QED) is 0.611. The van der Waals surface area contributed by atoms with Crippen molar-refractivity contribution in [2.75, 3.05) is 13.4 Å². The summed E-state index contributed by atoms with van der Waals surface area (Å²) in [4.78, 5) is 25.1. The van der Waals surface area contributed by atoms with Gasteiger partial charge in [-0.3, -0.25) is 4.79 Å². The second-order valence-corrected chi connectivity index (χ2v) is 7.67. The van der Waals surface area contributed by atoms with Crippen molar-refractivity contribution >= 4 is 18.0 Å². The standard InChI is InChI=1S/C23H25NO5/c1-5-27-22(26)18(12-15-6-11-19-20(13-15)29-14-28-19)24-21(25)16-7-9-17(10-8-16)23(2,3)4/h6-13H,5,14H2,1-4H3,(H,24,25)/b18-12-. The predicted octanol–water partition coefficient (Wildman–Crippen LogP) is 4.05. The Balaban J connectivity index is 1.83. The van der Waals surface area contributed by atoms with Gasteiger partial charge < -0.3 is 19.5 Å². The van der Waals surface area contributed by atoms with E-state index in [4.69, 9.17) is 14.2 Å². The van der Waals surface area contributed by atoms with Crippen LogP contribution in [0.15, 0.2) is 48.2 Å². The summed E-state index contributed by atoms with van der Waals surface area (Å²) in [6.07, 6.45) is 1.56. The maximum Gasteiger partial charge on any atom is 0.354 e. The van der Waals surface area contributed by atoms with Gasteiger partial charge in [-0.05, 0) is 53.8 Å². The number of hydrogen-bond donors (Lipinski definition) is 1. The fourth-order valence-corrected chi connectivity index (χ4v) is 2.84. The van der Waals surface area contributed by atoms with Crippen LogP contribution in [-0.4, -0.2) is 25.3 Å². The number of benzene rings is 2. The average molecular weight is 395 g/mol. The molecule has 6 nitrogen and oxygen atoms in total. The summed E-state index contributed by atoms with van der Waals surface area (Å²) in [5, 5.41) is 2.67. The van der Waals surface area contributed by atoms with Gasteiger partial charge in [-0.1, -0.05) is 39.0 Å². The van der Waals surface area contributed by atoms with Gasteiger partial charge in [0, 0.05) is 5.56 Å². The normalized spacial score (nSPS) is 13.2. The lowest BCUT2D eigenvalue weighted by Crippen LogP contribution is -2.28. The van der Waals surface area contributed by atoms with Crippen molar-refractivity contribution in [3.05, 3.63) is 64.9 Å². The first-order valence-corrected chi connectivity index (χ1v) is 9.48. The van der Waals surface area contributed by atoms with E-state index in [1.165, 1.54) is 0 Å². The molecule has 1 amide bonds. The van der Waals surface area contributed by atoms with Crippen molar-refractivity contribution in [1.82, 2.24) is 5.32 Å². The molecule has 0 bridgehead atoms. The summed E-state index contributed by atoms with van der Waals surface area (Å²) in [5.41, 5.74) is 2.30. The van der Waals surface area contributed by atoms with Crippen molar-refractivity contribution in [1.29, 1.82) is 0 Å². The molecular weight excluding hydrogens is 370 g/mol. The molecule has 0 fully saturated rings. The smallest absolute Gasteiger partial charge is 0.354 e. The van der Waals surface area contributed by atoms with Gasteiger partial charge in [0.1, 0.15) is 5.70 Å². The minimum Gasteiger partial charge on any atom is -0.461 e. The third-order valence-electron chi connectivity index (χ3n) is 4.46. The van der Waals surface area contributed by atoms with Gasteiger partial charge in [0.25, 0.3) is 5.91 Å². The average Bonchev–Trinajstić information content (AvgIpc) is 3.15. The van der Waals surface area contributed by atoms with E-state index in [1.807, 2.05) is 12.1 Å². The molecule has 0 aromatic heterocycles. The van der Waals surface area contributed by atoms with E-state index < -0.39 is 5.97 Å². The highest BCUT2D eigenvalue weighted by Crippen LogP contribution is 2.33. The zero-order valence-electron chi connectivity index (χ0n) is 17.1. The number of ether oxygens (including phenoxy) is 3. The summed E-state index contributed by atoms with van der Waals surface area (Å²) in [7, 11) is 0. The lowest BCUT2D eigenvalue weighted by Gasteiger charge is -2.19. The highest BCUT2D eigenvalue weighted by atomic mass is 16.7. The Hall–Kier alpha value is -3.28. The van der Waals surface area contributed by atoms with Gasteiger partial charge in [-0.2, -0.15) is 0 Å². The fourth-order valence-electron chi connectivity index (χ4n) is 2.84. The van der Waals surface area contributed by atoms with Crippen LogP contribution in [0, 0.1) is 0 Å². The molecule has 0 atom stereocenters. The van der Waals surface area contributed by atoms with Gasteiger partial charge in [0.2, 0.25) is 6.79 Å². The fraction of sp³-hybridized carbons (Fsp3) is 0.304. The molecule has 2 aromatic rings. The predicted molar refractivity (Wildman–Crippen MR) is 110 cm³/mol. The summed E-state index contributed by atoms with van der Waals surface area (Å²) in [6.45, 7) is 8.39. The molecule has 1 aliphatic heterocycles. The molecular formula is C23H25NO5. The lowest BCUT2D eigenvalue weighted by atomic mass is 9.87. The Morgan fingerprint density at radius 1 is 1.07 bits per heavy atom. The Morgan fingerprint density at radius 3 is 2.41 bits per heavy atom. The molecule has 0 unspecified atom stereocenters. The van der Waals surface area contributed by atoms with Crippen molar-refractivity contribution in [2.24, 2.45) is 0 Å². The Bertz CT molecular complexity index is 939. The van der Waals surface area contributed by atoms with Crippen LogP contribution in [0.25, 0.3) is 6.08 Å². The number of hydrogen-bond acceptors (Lipinski definition) is 5. The van der Waals surface area contributed by atoms with E-state index in [1.54, 1.807) is 43.3 Å². The van der Waals surface area contributed by atoms with E-state index in [9.17, 15) is 9.59 Å². The number of fused-ring (bicyclic) bond motifs is 1. The summed E-state index contributed by atoms with van der Waals surface area (Å²) >= 11 is 0. The van der Waals surface area contributed by atoms with E-state index in [0.29, 0.717) is 22.6 Å². The first kappa shape index (κ1) is 20.5. The molecule has 3 rings (SSSR count). The number of rotatable bonds is 5. The van der Waals surface area contributed by atoms with Crippen LogP contribution in [0.1, 0.15) is 49.2 Å². The number of nitrogens with one attached hydrogen (secondary N) is 1. The Labute approximate surface area is 170 Å². The molecule has 0 radical (unpaired) electrons. The lowest BCUT2D eigenvalue weighted by molar-refractivity contribution is -0.138. The van der Waals surface area contributed by atoms with Crippen LogP contribution in [0.5, 0.6) is 11.5 Å². The van der Waals surface area contributed by atoms with Gasteiger partial charge in [0.05, 0.1) is 6.61 Å².